The van der Waals surface area contributed by atoms with Gasteiger partial charge in [0.05, 0.1) is 16.2 Å². The van der Waals surface area contributed by atoms with Gasteiger partial charge in [0.2, 0.25) is 0 Å². The third kappa shape index (κ3) is 4.10. The molecule has 0 aliphatic carbocycles. The molecule has 6 nitrogen and oxygen atoms in total. The first-order valence-corrected chi connectivity index (χ1v) is 7.22. The van der Waals surface area contributed by atoms with Crippen molar-refractivity contribution in [3.8, 4) is 0 Å². The number of amides is 1. The SMILES string of the molecule is Cc1ccc(C(=O)NC(=S)Nc2cccc([N+](=O)[O-])c2C)cc1. The number of aryl methyl sites for hydroxylation is 1. The van der Waals surface area contributed by atoms with Crippen LogP contribution < -0.4 is 10.6 Å². The molecule has 0 aliphatic heterocycles. The van der Waals surface area contributed by atoms with Crippen molar-refractivity contribution in [3.05, 3.63) is 69.3 Å². The van der Waals surface area contributed by atoms with Crippen molar-refractivity contribution in [2.75, 3.05) is 5.32 Å². The number of anilines is 1. The minimum atomic E-state index is -0.464. The number of nitrogens with one attached hydrogen (secondary N) is 2. The number of nitro groups is 1. The largest absolute Gasteiger partial charge is 0.332 e. The summed E-state index contributed by atoms with van der Waals surface area (Å²) in [5.74, 6) is -0.342. The van der Waals surface area contributed by atoms with E-state index < -0.39 is 4.92 Å². The van der Waals surface area contributed by atoms with E-state index in [0.717, 1.165) is 5.56 Å². The summed E-state index contributed by atoms with van der Waals surface area (Å²) in [5, 5.41) is 16.4. The van der Waals surface area contributed by atoms with Crippen molar-refractivity contribution in [1.29, 1.82) is 0 Å². The lowest BCUT2D eigenvalue weighted by Gasteiger charge is -2.11. The van der Waals surface area contributed by atoms with Gasteiger partial charge in [0, 0.05) is 11.6 Å². The molecule has 0 radical (unpaired) electrons. The number of carbonyl (C=O) groups excluding carboxylic acids is 1. The van der Waals surface area contributed by atoms with E-state index in [1.807, 2.05) is 19.1 Å². The molecule has 0 heterocycles. The van der Waals surface area contributed by atoms with Gasteiger partial charge >= 0.3 is 0 Å². The predicted molar refractivity (Wildman–Crippen MR) is 92.7 cm³/mol. The number of rotatable bonds is 3. The number of hydrogen-bond acceptors (Lipinski definition) is 4. The van der Waals surface area contributed by atoms with Crippen molar-refractivity contribution in [2.45, 2.75) is 13.8 Å². The highest BCUT2D eigenvalue weighted by atomic mass is 32.1. The molecular formula is C16H15N3O3S. The first kappa shape index (κ1) is 16.6. The van der Waals surface area contributed by atoms with E-state index in [2.05, 4.69) is 10.6 Å². The number of carbonyl (C=O) groups is 1. The molecule has 7 heteroatoms. The molecule has 0 atom stereocenters. The highest BCUT2D eigenvalue weighted by molar-refractivity contribution is 7.80. The van der Waals surface area contributed by atoms with Crippen LogP contribution in [0.15, 0.2) is 42.5 Å². The summed E-state index contributed by atoms with van der Waals surface area (Å²) >= 11 is 5.09. The number of nitro benzene ring substituents is 1. The summed E-state index contributed by atoms with van der Waals surface area (Å²) in [6.45, 7) is 3.55. The molecule has 0 saturated heterocycles. The summed E-state index contributed by atoms with van der Waals surface area (Å²) in [5.41, 5.74) is 2.45. The first-order chi connectivity index (χ1) is 10.9. The van der Waals surface area contributed by atoms with E-state index in [4.69, 9.17) is 12.2 Å². The van der Waals surface area contributed by atoms with Gasteiger partial charge in [-0.05, 0) is 44.3 Å². The summed E-state index contributed by atoms with van der Waals surface area (Å²) in [7, 11) is 0. The molecule has 2 rings (SSSR count). The lowest BCUT2D eigenvalue weighted by Crippen LogP contribution is -2.34. The van der Waals surface area contributed by atoms with E-state index in [9.17, 15) is 14.9 Å². The van der Waals surface area contributed by atoms with Gasteiger partial charge in [0.15, 0.2) is 5.11 Å². The van der Waals surface area contributed by atoms with Crippen LogP contribution in [0.4, 0.5) is 11.4 Å². The molecule has 118 valence electrons. The van der Waals surface area contributed by atoms with E-state index >= 15 is 0 Å². The summed E-state index contributed by atoms with van der Waals surface area (Å²) < 4.78 is 0. The van der Waals surface area contributed by atoms with Crippen molar-refractivity contribution in [3.63, 3.8) is 0 Å². The van der Waals surface area contributed by atoms with E-state index in [1.54, 1.807) is 31.2 Å². The minimum Gasteiger partial charge on any atom is -0.332 e. The summed E-state index contributed by atoms with van der Waals surface area (Å²) in [6.07, 6.45) is 0. The number of benzene rings is 2. The lowest BCUT2D eigenvalue weighted by atomic mass is 10.1. The van der Waals surface area contributed by atoms with Crippen LogP contribution in [0.2, 0.25) is 0 Å². The Kier molecular flexibility index (Phi) is 5.02. The molecule has 0 aliphatic rings. The predicted octanol–water partition coefficient (Wildman–Crippen LogP) is 3.34. The number of hydrogen-bond donors (Lipinski definition) is 2. The third-order valence-corrected chi connectivity index (χ3v) is 3.50. The average Bonchev–Trinajstić information content (AvgIpc) is 2.49. The van der Waals surface area contributed by atoms with E-state index in [0.29, 0.717) is 16.8 Å². The molecule has 0 spiro atoms. The van der Waals surface area contributed by atoms with Crippen molar-refractivity contribution >= 4 is 34.6 Å². The fraction of sp³-hybridized carbons (Fsp3) is 0.125. The topological polar surface area (TPSA) is 84.3 Å². The van der Waals surface area contributed by atoms with Crippen LogP contribution in [0.25, 0.3) is 0 Å². The van der Waals surface area contributed by atoms with Crippen LogP contribution in [0.1, 0.15) is 21.5 Å². The van der Waals surface area contributed by atoms with Crippen LogP contribution in [-0.4, -0.2) is 15.9 Å². The van der Waals surface area contributed by atoms with Crippen molar-refractivity contribution in [2.24, 2.45) is 0 Å². The maximum Gasteiger partial charge on any atom is 0.274 e. The van der Waals surface area contributed by atoms with Gasteiger partial charge in [-0.15, -0.1) is 0 Å². The van der Waals surface area contributed by atoms with Gasteiger partial charge in [-0.25, -0.2) is 0 Å². The molecule has 0 unspecified atom stereocenters. The Hall–Kier alpha value is -2.80. The van der Waals surface area contributed by atoms with Gasteiger partial charge in [0.1, 0.15) is 0 Å². The highest BCUT2D eigenvalue weighted by Crippen LogP contribution is 2.24. The van der Waals surface area contributed by atoms with Gasteiger partial charge in [-0.2, -0.15) is 0 Å². The van der Waals surface area contributed by atoms with Gasteiger partial charge < -0.3 is 5.32 Å². The fourth-order valence-corrected chi connectivity index (χ4v) is 2.19. The molecule has 0 aromatic heterocycles. The van der Waals surface area contributed by atoms with Crippen LogP contribution >= 0.6 is 12.2 Å². The zero-order valence-corrected chi connectivity index (χ0v) is 13.4. The fourth-order valence-electron chi connectivity index (χ4n) is 1.99. The molecule has 0 saturated carbocycles. The molecule has 1 amide bonds. The van der Waals surface area contributed by atoms with Gasteiger partial charge in [-0.1, -0.05) is 23.8 Å². The second-order valence-corrected chi connectivity index (χ2v) is 5.39. The Morgan fingerprint density at radius 2 is 1.78 bits per heavy atom. The number of nitrogens with zero attached hydrogens (tertiary/aromatic N) is 1. The maximum absolute atomic E-state index is 12.1. The van der Waals surface area contributed by atoms with Crippen LogP contribution in [0.5, 0.6) is 0 Å². The van der Waals surface area contributed by atoms with Crippen molar-refractivity contribution in [1.82, 2.24) is 5.32 Å². The monoisotopic (exact) mass is 329 g/mol. The molecule has 2 aromatic carbocycles. The Bertz CT molecular complexity index is 773. The Morgan fingerprint density at radius 1 is 1.13 bits per heavy atom. The van der Waals surface area contributed by atoms with Crippen LogP contribution in [0.3, 0.4) is 0 Å². The molecule has 0 bridgehead atoms. The second kappa shape index (κ2) is 6.97. The molecule has 23 heavy (non-hydrogen) atoms. The zero-order chi connectivity index (χ0) is 17.0. The number of thiocarbonyl (C=S) groups is 1. The standard InChI is InChI=1S/C16H15N3O3S/c1-10-6-8-12(9-7-10)15(20)18-16(23)17-13-4-3-5-14(11(13)2)19(21)22/h3-9H,1-2H3,(H2,17,18,20,23). The average molecular weight is 329 g/mol. The Morgan fingerprint density at radius 3 is 2.39 bits per heavy atom. The molecular weight excluding hydrogens is 314 g/mol. The van der Waals surface area contributed by atoms with Gasteiger partial charge in [0.25, 0.3) is 11.6 Å². The normalized spacial score (nSPS) is 10.0. The van der Waals surface area contributed by atoms with Crippen LogP contribution in [0, 0.1) is 24.0 Å². The quantitative estimate of drug-likeness (QED) is 0.512. The van der Waals surface area contributed by atoms with E-state index in [1.165, 1.54) is 6.07 Å². The van der Waals surface area contributed by atoms with Crippen molar-refractivity contribution < 1.29 is 9.72 Å². The molecule has 2 N–H and O–H groups in total. The van der Waals surface area contributed by atoms with E-state index in [-0.39, 0.29) is 16.7 Å². The second-order valence-electron chi connectivity index (χ2n) is 4.98. The Labute approximate surface area is 138 Å². The smallest absolute Gasteiger partial charge is 0.274 e. The maximum atomic E-state index is 12.1. The van der Waals surface area contributed by atoms with Crippen LogP contribution in [-0.2, 0) is 0 Å². The molecule has 0 fully saturated rings. The highest BCUT2D eigenvalue weighted by Gasteiger charge is 2.14. The molecule has 2 aromatic rings. The first-order valence-electron chi connectivity index (χ1n) is 6.81. The Balaban J connectivity index is 2.08. The third-order valence-electron chi connectivity index (χ3n) is 3.29. The summed E-state index contributed by atoms with van der Waals surface area (Å²) in [4.78, 5) is 22.5. The minimum absolute atomic E-state index is 0.0114. The lowest BCUT2D eigenvalue weighted by molar-refractivity contribution is -0.385. The summed E-state index contributed by atoms with van der Waals surface area (Å²) in [6, 6.07) is 11.7. The zero-order valence-electron chi connectivity index (χ0n) is 12.6. The van der Waals surface area contributed by atoms with Gasteiger partial charge in [-0.3, -0.25) is 20.2 Å².